The molecule has 2 aliphatic rings. The average Bonchev–Trinajstić information content (AvgIpc) is 2.77. The largest absolute Gasteiger partial charge is 0.353 e. The standard InChI is InChI=1S/C18H25N3O2/c22-17(13-21-11-5-1-2-8-18(21)23)20-12-16-15-7-4-3-6-14(15)9-10-19-16/h3-4,6-7,16,19H,1-2,5,8-13H2,(H,20,22). The highest BCUT2D eigenvalue weighted by Crippen LogP contribution is 2.21. The molecule has 124 valence electrons. The third kappa shape index (κ3) is 4.10. The second-order valence-corrected chi connectivity index (χ2v) is 6.39. The van der Waals surface area contributed by atoms with Gasteiger partial charge in [0, 0.05) is 25.6 Å². The Morgan fingerprint density at radius 3 is 3.00 bits per heavy atom. The van der Waals surface area contributed by atoms with Gasteiger partial charge in [-0.2, -0.15) is 0 Å². The lowest BCUT2D eigenvalue weighted by atomic mass is 9.94. The molecular formula is C18H25N3O2. The maximum atomic E-state index is 12.2. The molecule has 0 saturated carbocycles. The summed E-state index contributed by atoms with van der Waals surface area (Å²) < 4.78 is 0. The number of carbonyl (C=O) groups is 2. The maximum Gasteiger partial charge on any atom is 0.239 e. The first-order chi connectivity index (χ1) is 11.2. The van der Waals surface area contributed by atoms with Crippen LogP contribution in [0, 0.1) is 0 Å². The van der Waals surface area contributed by atoms with E-state index >= 15 is 0 Å². The van der Waals surface area contributed by atoms with Gasteiger partial charge < -0.3 is 15.5 Å². The molecule has 2 amide bonds. The van der Waals surface area contributed by atoms with Gasteiger partial charge in [-0.25, -0.2) is 0 Å². The Morgan fingerprint density at radius 2 is 2.09 bits per heavy atom. The average molecular weight is 315 g/mol. The second-order valence-electron chi connectivity index (χ2n) is 6.39. The summed E-state index contributed by atoms with van der Waals surface area (Å²) in [7, 11) is 0. The van der Waals surface area contributed by atoms with E-state index in [-0.39, 0.29) is 24.4 Å². The number of hydrogen-bond acceptors (Lipinski definition) is 3. The van der Waals surface area contributed by atoms with Crippen molar-refractivity contribution in [2.24, 2.45) is 0 Å². The van der Waals surface area contributed by atoms with Crippen LogP contribution in [0.1, 0.15) is 42.9 Å². The van der Waals surface area contributed by atoms with Crippen LogP contribution in [0.4, 0.5) is 0 Å². The zero-order valence-corrected chi connectivity index (χ0v) is 13.5. The van der Waals surface area contributed by atoms with Crippen LogP contribution in [-0.2, 0) is 16.0 Å². The van der Waals surface area contributed by atoms with Crippen molar-refractivity contribution in [3.8, 4) is 0 Å². The van der Waals surface area contributed by atoms with Gasteiger partial charge in [-0.15, -0.1) is 0 Å². The molecule has 3 rings (SSSR count). The zero-order valence-electron chi connectivity index (χ0n) is 13.5. The van der Waals surface area contributed by atoms with E-state index in [4.69, 9.17) is 0 Å². The molecule has 0 bridgehead atoms. The Labute approximate surface area is 137 Å². The zero-order chi connectivity index (χ0) is 16.1. The third-order valence-corrected chi connectivity index (χ3v) is 4.72. The Bertz CT molecular complexity index is 573. The second kappa shape index (κ2) is 7.59. The fraction of sp³-hybridized carbons (Fsp3) is 0.556. The molecule has 1 aromatic carbocycles. The van der Waals surface area contributed by atoms with Crippen molar-refractivity contribution in [1.29, 1.82) is 0 Å². The van der Waals surface area contributed by atoms with Crippen molar-refractivity contribution in [3.63, 3.8) is 0 Å². The summed E-state index contributed by atoms with van der Waals surface area (Å²) in [5, 5.41) is 6.44. The molecule has 2 aliphatic heterocycles. The van der Waals surface area contributed by atoms with E-state index < -0.39 is 0 Å². The van der Waals surface area contributed by atoms with Crippen LogP contribution in [0.5, 0.6) is 0 Å². The van der Waals surface area contributed by atoms with Gasteiger partial charge in [0.25, 0.3) is 0 Å². The molecule has 0 aromatic heterocycles. The molecule has 5 nitrogen and oxygen atoms in total. The van der Waals surface area contributed by atoms with Gasteiger partial charge in [-0.05, 0) is 36.9 Å². The van der Waals surface area contributed by atoms with Crippen LogP contribution < -0.4 is 10.6 Å². The summed E-state index contributed by atoms with van der Waals surface area (Å²) in [6.45, 7) is 2.39. The number of nitrogens with zero attached hydrogens (tertiary/aromatic N) is 1. The van der Waals surface area contributed by atoms with E-state index in [0.717, 1.165) is 32.2 Å². The first kappa shape index (κ1) is 16.0. The lowest BCUT2D eigenvalue weighted by Crippen LogP contribution is -2.44. The van der Waals surface area contributed by atoms with Crippen LogP contribution in [0.3, 0.4) is 0 Å². The minimum atomic E-state index is -0.0647. The summed E-state index contributed by atoms with van der Waals surface area (Å²) in [5.41, 5.74) is 2.62. The summed E-state index contributed by atoms with van der Waals surface area (Å²) in [6.07, 6.45) is 4.62. The van der Waals surface area contributed by atoms with E-state index in [9.17, 15) is 9.59 Å². The van der Waals surface area contributed by atoms with Gasteiger partial charge in [-0.1, -0.05) is 30.7 Å². The van der Waals surface area contributed by atoms with Gasteiger partial charge in [0.15, 0.2) is 0 Å². The molecule has 1 atom stereocenters. The Kier molecular flexibility index (Phi) is 5.28. The Hall–Kier alpha value is -1.88. The van der Waals surface area contributed by atoms with Crippen molar-refractivity contribution >= 4 is 11.8 Å². The van der Waals surface area contributed by atoms with Gasteiger partial charge in [-0.3, -0.25) is 9.59 Å². The first-order valence-corrected chi connectivity index (χ1v) is 8.60. The molecular weight excluding hydrogens is 290 g/mol. The van der Waals surface area contributed by atoms with E-state index in [2.05, 4.69) is 28.8 Å². The lowest BCUT2D eigenvalue weighted by Gasteiger charge is -2.27. The molecule has 2 N–H and O–H groups in total. The van der Waals surface area contributed by atoms with Crippen LogP contribution >= 0.6 is 0 Å². The predicted molar refractivity (Wildman–Crippen MR) is 88.9 cm³/mol. The summed E-state index contributed by atoms with van der Waals surface area (Å²) in [4.78, 5) is 25.8. The molecule has 0 spiro atoms. The fourth-order valence-electron chi connectivity index (χ4n) is 3.43. The molecule has 5 heteroatoms. The van der Waals surface area contributed by atoms with Crippen molar-refractivity contribution in [3.05, 3.63) is 35.4 Å². The SMILES string of the molecule is O=C(CN1CCCCCC1=O)NCC1NCCc2ccccc21. The summed E-state index contributed by atoms with van der Waals surface area (Å²) in [5.74, 6) is 0.0453. The van der Waals surface area contributed by atoms with Gasteiger partial charge in [0.1, 0.15) is 0 Å². The van der Waals surface area contributed by atoms with E-state index in [0.29, 0.717) is 19.5 Å². The number of likely N-dealkylation sites (tertiary alicyclic amines) is 1. The highest BCUT2D eigenvalue weighted by Gasteiger charge is 2.22. The maximum absolute atomic E-state index is 12.2. The van der Waals surface area contributed by atoms with E-state index in [1.165, 1.54) is 11.1 Å². The van der Waals surface area contributed by atoms with Crippen molar-refractivity contribution in [2.45, 2.75) is 38.1 Å². The van der Waals surface area contributed by atoms with Gasteiger partial charge >= 0.3 is 0 Å². The smallest absolute Gasteiger partial charge is 0.239 e. The van der Waals surface area contributed by atoms with Crippen LogP contribution in [0.15, 0.2) is 24.3 Å². The highest BCUT2D eigenvalue weighted by molar-refractivity contribution is 5.84. The fourth-order valence-corrected chi connectivity index (χ4v) is 3.43. The third-order valence-electron chi connectivity index (χ3n) is 4.72. The molecule has 0 radical (unpaired) electrons. The number of hydrogen-bond donors (Lipinski definition) is 2. The van der Waals surface area contributed by atoms with Crippen LogP contribution in [-0.4, -0.2) is 42.9 Å². The quantitative estimate of drug-likeness (QED) is 0.883. The van der Waals surface area contributed by atoms with Crippen molar-refractivity contribution < 1.29 is 9.59 Å². The van der Waals surface area contributed by atoms with E-state index in [1.807, 2.05) is 6.07 Å². The van der Waals surface area contributed by atoms with Crippen LogP contribution in [0.25, 0.3) is 0 Å². The molecule has 23 heavy (non-hydrogen) atoms. The van der Waals surface area contributed by atoms with Gasteiger partial charge in [0.05, 0.1) is 6.54 Å². The van der Waals surface area contributed by atoms with Crippen molar-refractivity contribution in [1.82, 2.24) is 15.5 Å². The summed E-state index contributed by atoms with van der Waals surface area (Å²) in [6, 6.07) is 8.53. The monoisotopic (exact) mass is 315 g/mol. The predicted octanol–water partition coefficient (Wildman–Crippen LogP) is 1.39. The molecule has 1 saturated heterocycles. The van der Waals surface area contributed by atoms with Gasteiger partial charge in [0.2, 0.25) is 11.8 Å². The van der Waals surface area contributed by atoms with E-state index in [1.54, 1.807) is 4.90 Å². The number of benzene rings is 1. The number of rotatable bonds is 4. The Balaban J connectivity index is 1.52. The number of amides is 2. The number of nitrogens with one attached hydrogen (secondary N) is 2. The molecule has 2 heterocycles. The Morgan fingerprint density at radius 1 is 1.22 bits per heavy atom. The molecule has 0 aliphatic carbocycles. The first-order valence-electron chi connectivity index (χ1n) is 8.60. The van der Waals surface area contributed by atoms with Crippen LogP contribution in [0.2, 0.25) is 0 Å². The number of fused-ring (bicyclic) bond motifs is 1. The minimum absolute atomic E-state index is 0.0647. The highest BCUT2D eigenvalue weighted by atomic mass is 16.2. The topological polar surface area (TPSA) is 61.4 Å². The summed E-state index contributed by atoms with van der Waals surface area (Å²) >= 11 is 0. The molecule has 1 aromatic rings. The lowest BCUT2D eigenvalue weighted by molar-refractivity contribution is -0.135. The number of carbonyl (C=O) groups excluding carboxylic acids is 2. The molecule has 1 unspecified atom stereocenters. The van der Waals surface area contributed by atoms with Crippen molar-refractivity contribution in [2.75, 3.05) is 26.2 Å². The normalized spacial score (nSPS) is 21.5. The molecule has 1 fully saturated rings. The minimum Gasteiger partial charge on any atom is -0.353 e.